The van der Waals surface area contributed by atoms with Crippen molar-refractivity contribution in [3.8, 4) is 0 Å². The van der Waals surface area contributed by atoms with Gasteiger partial charge in [0.25, 0.3) is 5.97 Å². The minimum Gasteiger partial charge on any atom is -0.481 e. The lowest BCUT2D eigenvalue weighted by Crippen LogP contribution is -2.47. The molecular formula is C13H27N3O4. The summed E-state index contributed by atoms with van der Waals surface area (Å²) in [5.41, 5.74) is 10.8. The van der Waals surface area contributed by atoms with Crippen molar-refractivity contribution in [3.63, 3.8) is 0 Å². The molecule has 0 aromatic carbocycles. The zero-order chi connectivity index (χ0) is 15.9. The summed E-state index contributed by atoms with van der Waals surface area (Å²) in [6.45, 7) is 8.06. The minimum atomic E-state index is -0.833. The summed E-state index contributed by atoms with van der Waals surface area (Å²) in [4.78, 5) is 22.5. The van der Waals surface area contributed by atoms with Crippen LogP contribution >= 0.6 is 0 Å². The summed E-state index contributed by atoms with van der Waals surface area (Å²) >= 11 is 0. The van der Waals surface area contributed by atoms with Crippen LogP contribution < -0.4 is 11.5 Å². The number of rotatable bonds is 1. The molecule has 0 bridgehead atoms. The maximum absolute atomic E-state index is 11.7. The number of nitrogens with zero attached hydrogens (tertiary/aromatic N) is 1. The molecule has 118 valence electrons. The van der Waals surface area contributed by atoms with Crippen LogP contribution in [-0.2, 0) is 9.53 Å². The Kier molecular flexibility index (Phi) is 7.52. The lowest BCUT2D eigenvalue weighted by molar-refractivity contribution is -0.134. The first-order valence-electron chi connectivity index (χ1n) is 6.71. The molecule has 0 saturated carbocycles. The molecule has 1 saturated heterocycles. The molecule has 20 heavy (non-hydrogen) atoms. The Morgan fingerprint density at radius 1 is 1.25 bits per heavy atom. The van der Waals surface area contributed by atoms with Crippen molar-refractivity contribution in [1.82, 2.24) is 4.90 Å². The lowest BCUT2D eigenvalue weighted by Gasteiger charge is -2.34. The van der Waals surface area contributed by atoms with Crippen LogP contribution in [0, 0.1) is 5.92 Å². The fourth-order valence-corrected chi connectivity index (χ4v) is 1.79. The van der Waals surface area contributed by atoms with Crippen molar-refractivity contribution in [1.29, 1.82) is 0 Å². The Morgan fingerprint density at radius 3 is 1.95 bits per heavy atom. The number of hydrogen-bond donors (Lipinski definition) is 3. The van der Waals surface area contributed by atoms with E-state index in [1.807, 2.05) is 20.8 Å². The number of carboxylic acid groups (broad SMARTS) is 1. The number of hydrogen-bond acceptors (Lipinski definition) is 5. The second kappa shape index (κ2) is 8.06. The lowest BCUT2D eigenvalue weighted by atomic mass is 9.95. The second-order valence-electron chi connectivity index (χ2n) is 5.90. The largest absolute Gasteiger partial charge is 0.481 e. The predicted molar refractivity (Wildman–Crippen MR) is 76.0 cm³/mol. The van der Waals surface area contributed by atoms with Gasteiger partial charge in [0.15, 0.2) is 0 Å². The van der Waals surface area contributed by atoms with Crippen LogP contribution in [0.3, 0.4) is 0 Å². The van der Waals surface area contributed by atoms with Crippen LogP contribution in [0.5, 0.6) is 0 Å². The number of piperidine rings is 1. The summed E-state index contributed by atoms with van der Waals surface area (Å²) in [7, 11) is 0. The highest BCUT2D eigenvalue weighted by Gasteiger charge is 2.28. The monoisotopic (exact) mass is 289 g/mol. The summed E-state index contributed by atoms with van der Waals surface area (Å²) in [6, 6.07) is 0. The maximum atomic E-state index is 11.7. The van der Waals surface area contributed by atoms with Crippen LogP contribution in [0.1, 0.15) is 40.5 Å². The normalized spacial score (nSPS) is 16.4. The molecule has 5 N–H and O–H groups in total. The average Bonchev–Trinajstić information content (AvgIpc) is 2.26. The van der Waals surface area contributed by atoms with Gasteiger partial charge in [0.1, 0.15) is 5.60 Å². The van der Waals surface area contributed by atoms with Crippen molar-refractivity contribution >= 4 is 12.1 Å². The van der Waals surface area contributed by atoms with Gasteiger partial charge in [-0.15, -0.1) is 0 Å². The Morgan fingerprint density at radius 2 is 1.65 bits per heavy atom. The van der Waals surface area contributed by atoms with Crippen molar-refractivity contribution < 1.29 is 19.4 Å². The molecule has 1 rings (SSSR count). The highest BCUT2D eigenvalue weighted by atomic mass is 16.6. The maximum Gasteiger partial charge on any atom is 0.410 e. The van der Waals surface area contributed by atoms with Crippen LogP contribution in [0.15, 0.2) is 0 Å². The van der Waals surface area contributed by atoms with Crippen molar-refractivity contribution in [2.45, 2.75) is 52.3 Å². The molecule has 0 aromatic heterocycles. The van der Waals surface area contributed by atoms with E-state index in [-0.39, 0.29) is 12.3 Å². The SMILES string of the molecule is CC(=O)O.CC(C)(C)OC(=O)N1CCC(C(N)N)CC1. The van der Waals surface area contributed by atoms with Gasteiger partial charge in [-0.1, -0.05) is 0 Å². The topological polar surface area (TPSA) is 119 Å². The average molecular weight is 289 g/mol. The summed E-state index contributed by atoms with van der Waals surface area (Å²) < 4.78 is 5.30. The number of carbonyl (C=O) groups excluding carboxylic acids is 1. The van der Waals surface area contributed by atoms with Gasteiger partial charge in [0.2, 0.25) is 0 Å². The molecule has 0 aliphatic carbocycles. The van der Waals surface area contributed by atoms with E-state index in [1.54, 1.807) is 4.90 Å². The number of ether oxygens (including phenoxy) is 1. The van der Waals surface area contributed by atoms with Crippen LogP contribution in [0.25, 0.3) is 0 Å². The van der Waals surface area contributed by atoms with Gasteiger partial charge in [0.05, 0.1) is 6.17 Å². The summed E-state index contributed by atoms with van der Waals surface area (Å²) in [5, 5.41) is 7.42. The molecular weight excluding hydrogens is 262 g/mol. The van der Waals surface area contributed by atoms with E-state index < -0.39 is 11.6 Å². The summed E-state index contributed by atoms with van der Waals surface area (Å²) in [5.74, 6) is -0.515. The molecule has 1 aliphatic heterocycles. The quantitative estimate of drug-likeness (QED) is 0.619. The smallest absolute Gasteiger partial charge is 0.410 e. The van der Waals surface area contributed by atoms with E-state index in [0.29, 0.717) is 19.0 Å². The third-order valence-electron chi connectivity index (χ3n) is 2.74. The van der Waals surface area contributed by atoms with Crippen LogP contribution in [0.4, 0.5) is 4.79 Å². The molecule has 7 heteroatoms. The molecule has 0 spiro atoms. The Balaban J connectivity index is 0.000000796. The van der Waals surface area contributed by atoms with Crippen LogP contribution in [0.2, 0.25) is 0 Å². The van der Waals surface area contributed by atoms with Crippen molar-refractivity contribution in [2.24, 2.45) is 17.4 Å². The van der Waals surface area contributed by atoms with Gasteiger partial charge in [-0.3, -0.25) is 4.79 Å². The molecule has 1 aliphatic rings. The predicted octanol–water partition coefficient (Wildman–Crippen LogP) is 0.968. The number of amides is 1. The van der Waals surface area contributed by atoms with Gasteiger partial charge >= 0.3 is 6.09 Å². The Hall–Kier alpha value is -1.34. The molecule has 1 amide bonds. The first-order chi connectivity index (χ1) is 9.03. The fourth-order valence-electron chi connectivity index (χ4n) is 1.79. The minimum absolute atomic E-state index is 0.239. The Labute approximate surface area is 120 Å². The number of nitrogens with two attached hydrogens (primary N) is 2. The highest BCUT2D eigenvalue weighted by Crippen LogP contribution is 2.20. The van der Waals surface area contributed by atoms with Crippen LogP contribution in [-0.4, -0.2) is 46.9 Å². The molecule has 1 fully saturated rings. The number of carboxylic acids is 1. The van der Waals surface area contributed by atoms with E-state index in [9.17, 15) is 4.79 Å². The molecule has 1 heterocycles. The standard InChI is InChI=1S/C11H23N3O2.C2H4O2/c1-11(2,3)16-10(15)14-6-4-8(5-7-14)9(12)13;1-2(3)4/h8-9H,4-7,12-13H2,1-3H3;1H3,(H,3,4). The van der Waals surface area contributed by atoms with Gasteiger partial charge in [0, 0.05) is 20.0 Å². The third kappa shape index (κ3) is 8.71. The fraction of sp³-hybridized carbons (Fsp3) is 0.846. The van der Waals surface area contributed by atoms with E-state index in [0.717, 1.165) is 19.8 Å². The number of carbonyl (C=O) groups is 2. The number of likely N-dealkylation sites (tertiary alicyclic amines) is 1. The van der Waals surface area contributed by atoms with Gasteiger partial charge in [-0.05, 0) is 39.5 Å². The van der Waals surface area contributed by atoms with E-state index in [1.165, 1.54) is 0 Å². The zero-order valence-electron chi connectivity index (χ0n) is 12.8. The van der Waals surface area contributed by atoms with Gasteiger partial charge < -0.3 is 26.2 Å². The molecule has 7 nitrogen and oxygen atoms in total. The second-order valence-corrected chi connectivity index (χ2v) is 5.90. The Bertz CT molecular complexity index is 314. The first kappa shape index (κ1) is 18.7. The first-order valence-corrected chi connectivity index (χ1v) is 6.71. The molecule has 0 unspecified atom stereocenters. The third-order valence-corrected chi connectivity index (χ3v) is 2.74. The van der Waals surface area contributed by atoms with Gasteiger partial charge in [-0.2, -0.15) is 0 Å². The highest BCUT2D eigenvalue weighted by molar-refractivity contribution is 5.68. The molecule has 0 radical (unpaired) electrons. The summed E-state index contributed by atoms with van der Waals surface area (Å²) in [6.07, 6.45) is 1.20. The van der Waals surface area contributed by atoms with Gasteiger partial charge in [-0.25, -0.2) is 4.79 Å². The van der Waals surface area contributed by atoms with Crippen molar-refractivity contribution in [3.05, 3.63) is 0 Å². The number of aliphatic carboxylic acids is 1. The van der Waals surface area contributed by atoms with Crippen molar-refractivity contribution in [2.75, 3.05) is 13.1 Å². The zero-order valence-corrected chi connectivity index (χ0v) is 12.8. The molecule has 0 aromatic rings. The van der Waals surface area contributed by atoms with E-state index in [4.69, 9.17) is 26.1 Å². The molecule has 0 atom stereocenters. The van der Waals surface area contributed by atoms with E-state index in [2.05, 4.69) is 0 Å². The van der Waals surface area contributed by atoms with E-state index >= 15 is 0 Å².